The highest BCUT2D eigenvalue weighted by Crippen LogP contribution is 2.42. The summed E-state index contributed by atoms with van der Waals surface area (Å²) in [6.45, 7) is 12.0. The van der Waals surface area contributed by atoms with Crippen LogP contribution in [-0.4, -0.2) is 10.6 Å². The third kappa shape index (κ3) is 3.20. The standard InChI is InChI=1S/C20H22OS/c1-6-7-16-8-12(2)18(13(3)9-16)19-14(4)10-17(20(19)21)11-15(5)22/h8-9,17,19H,4,10-11H2,1-3,5H3. The van der Waals surface area contributed by atoms with E-state index in [9.17, 15) is 4.79 Å². The Balaban J connectivity index is 2.43. The highest BCUT2D eigenvalue weighted by Gasteiger charge is 2.39. The van der Waals surface area contributed by atoms with Crippen LogP contribution in [0.1, 0.15) is 54.9 Å². The van der Waals surface area contributed by atoms with Gasteiger partial charge in [-0.05, 0) is 74.2 Å². The van der Waals surface area contributed by atoms with E-state index in [-0.39, 0.29) is 17.6 Å². The Bertz CT molecular complexity index is 692. The van der Waals surface area contributed by atoms with Crippen molar-refractivity contribution in [3.05, 3.63) is 46.5 Å². The number of thiocarbonyl (C=S) groups is 1. The molecule has 0 aromatic heterocycles. The van der Waals surface area contributed by atoms with E-state index in [1.807, 2.05) is 13.8 Å². The molecule has 0 radical (unpaired) electrons. The van der Waals surface area contributed by atoms with E-state index in [4.69, 9.17) is 12.2 Å². The van der Waals surface area contributed by atoms with E-state index in [1.165, 1.54) is 0 Å². The van der Waals surface area contributed by atoms with Crippen molar-refractivity contribution in [2.45, 2.75) is 46.5 Å². The first-order valence-electron chi connectivity index (χ1n) is 7.59. The van der Waals surface area contributed by atoms with E-state index in [0.717, 1.165) is 39.1 Å². The molecule has 0 heterocycles. The van der Waals surface area contributed by atoms with Crippen LogP contribution in [0.15, 0.2) is 24.3 Å². The molecule has 1 aliphatic rings. The van der Waals surface area contributed by atoms with Gasteiger partial charge in [0, 0.05) is 11.5 Å². The number of carbonyl (C=O) groups is 1. The Morgan fingerprint density at radius 1 is 1.36 bits per heavy atom. The predicted octanol–water partition coefficient (Wildman–Crippen LogP) is 4.68. The fraction of sp³-hybridized carbons (Fsp3) is 0.400. The van der Waals surface area contributed by atoms with Crippen molar-refractivity contribution in [3.63, 3.8) is 0 Å². The molecule has 0 aliphatic heterocycles. The summed E-state index contributed by atoms with van der Waals surface area (Å²) >= 11 is 5.18. The van der Waals surface area contributed by atoms with E-state index in [1.54, 1.807) is 0 Å². The minimum atomic E-state index is -0.178. The summed E-state index contributed by atoms with van der Waals surface area (Å²) in [6, 6.07) is 4.13. The topological polar surface area (TPSA) is 17.1 Å². The molecule has 0 N–H and O–H groups in total. The Labute approximate surface area is 138 Å². The summed E-state index contributed by atoms with van der Waals surface area (Å²) in [6.07, 6.45) is 1.45. The average molecular weight is 310 g/mol. The number of allylic oxidation sites excluding steroid dienone is 1. The van der Waals surface area contributed by atoms with E-state index >= 15 is 0 Å². The maximum atomic E-state index is 12.8. The zero-order valence-corrected chi connectivity index (χ0v) is 14.6. The SMILES string of the molecule is C=C1CC(CC(C)=S)C(=O)C1c1c(C)cc(C#CC)cc1C. The van der Waals surface area contributed by atoms with Crippen LogP contribution in [0, 0.1) is 31.6 Å². The van der Waals surface area contributed by atoms with Gasteiger partial charge in [0.15, 0.2) is 0 Å². The van der Waals surface area contributed by atoms with Crippen LogP contribution in [0.25, 0.3) is 0 Å². The number of ketones is 1. The molecule has 2 rings (SSSR count). The molecule has 1 aromatic carbocycles. The van der Waals surface area contributed by atoms with Crippen LogP contribution < -0.4 is 0 Å². The van der Waals surface area contributed by atoms with E-state index in [2.05, 4.69) is 44.4 Å². The molecule has 2 unspecified atom stereocenters. The lowest BCUT2D eigenvalue weighted by atomic mass is 9.85. The lowest BCUT2D eigenvalue weighted by Crippen LogP contribution is -2.16. The third-order valence-corrected chi connectivity index (χ3v) is 4.46. The molecular weight excluding hydrogens is 288 g/mol. The summed E-state index contributed by atoms with van der Waals surface area (Å²) in [7, 11) is 0. The molecule has 2 atom stereocenters. The predicted molar refractivity (Wildman–Crippen MR) is 96.4 cm³/mol. The Morgan fingerprint density at radius 2 is 1.95 bits per heavy atom. The first-order valence-corrected chi connectivity index (χ1v) is 8.00. The molecule has 22 heavy (non-hydrogen) atoms. The van der Waals surface area contributed by atoms with Crippen LogP contribution in [0.5, 0.6) is 0 Å². The average Bonchev–Trinajstić information content (AvgIpc) is 2.65. The lowest BCUT2D eigenvalue weighted by molar-refractivity contribution is -0.121. The molecule has 1 saturated carbocycles. The fourth-order valence-electron chi connectivity index (χ4n) is 3.48. The normalized spacial score (nSPS) is 20.7. The summed E-state index contributed by atoms with van der Waals surface area (Å²) in [5.74, 6) is 6.11. The molecule has 1 nitrogen and oxygen atoms in total. The second kappa shape index (κ2) is 6.58. The van der Waals surface area contributed by atoms with Crippen molar-refractivity contribution in [2.75, 3.05) is 0 Å². The number of hydrogen-bond acceptors (Lipinski definition) is 2. The minimum Gasteiger partial charge on any atom is -0.298 e. The number of rotatable bonds is 3. The Kier molecular flexibility index (Phi) is 4.98. The zero-order valence-electron chi connectivity index (χ0n) is 13.7. The highest BCUT2D eigenvalue weighted by molar-refractivity contribution is 7.80. The maximum absolute atomic E-state index is 12.8. The molecule has 0 saturated heterocycles. The Hall–Kier alpha value is -1.72. The summed E-state index contributed by atoms with van der Waals surface area (Å²) < 4.78 is 0. The number of Topliss-reactive ketones (excluding diaryl/α,β-unsaturated/α-hetero) is 1. The number of aryl methyl sites for hydroxylation is 2. The van der Waals surface area contributed by atoms with Gasteiger partial charge in [0.25, 0.3) is 0 Å². The smallest absolute Gasteiger partial charge is 0.148 e. The van der Waals surface area contributed by atoms with Crippen molar-refractivity contribution in [1.82, 2.24) is 0 Å². The molecule has 1 aliphatic carbocycles. The van der Waals surface area contributed by atoms with E-state index in [0.29, 0.717) is 6.42 Å². The quantitative estimate of drug-likeness (QED) is 0.458. The molecular formula is C20H22OS. The van der Waals surface area contributed by atoms with Crippen molar-refractivity contribution in [2.24, 2.45) is 5.92 Å². The van der Waals surface area contributed by atoms with Gasteiger partial charge in [0.2, 0.25) is 0 Å². The molecule has 1 aromatic rings. The molecule has 0 spiro atoms. The van der Waals surface area contributed by atoms with Crippen molar-refractivity contribution in [1.29, 1.82) is 0 Å². The van der Waals surface area contributed by atoms with Crippen LogP contribution in [-0.2, 0) is 4.79 Å². The monoisotopic (exact) mass is 310 g/mol. The molecule has 0 amide bonds. The van der Waals surface area contributed by atoms with Crippen LogP contribution >= 0.6 is 12.2 Å². The summed E-state index contributed by atoms with van der Waals surface area (Å²) in [5.41, 5.74) is 5.38. The molecule has 2 heteroatoms. The summed E-state index contributed by atoms with van der Waals surface area (Å²) in [5, 5.41) is 0. The van der Waals surface area contributed by atoms with Gasteiger partial charge in [0.05, 0.1) is 5.92 Å². The van der Waals surface area contributed by atoms with Gasteiger partial charge >= 0.3 is 0 Å². The maximum Gasteiger partial charge on any atom is 0.148 e. The minimum absolute atomic E-state index is 0.00362. The second-order valence-electron chi connectivity index (χ2n) is 6.20. The zero-order chi connectivity index (χ0) is 16.4. The van der Waals surface area contributed by atoms with Gasteiger partial charge in [-0.25, -0.2) is 0 Å². The van der Waals surface area contributed by atoms with Crippen LogP contribution in [0.4, 0.5) is 0 Å². The van der Waals surface area contributed by atoms with Gasteiger partial charge in [-0.15, -0.1) is 5.92 Å². The van der Waals surface area contributed by atoms with Gasteiger partial charge in [-0.3, -0.25) is 4.79 Å². The van der Waals surface area contributed by atoms with Crippen molar-refractivity contribution < 1.29 is 4.79 Å². The lowest BCUT2D eigenvalue weighted by Gasteiger charge is -2.18. The molecule has 1 fully saturated rings. The van der Waals surface area contributed by atoms with Gasteiger partial charge in [-0.2, -0.15) is 0 Å². The van der Waals surface area contributed by atoms with Gasteiger partial charge < -0.3 is 0 Å². The largest absolute Gasteiger partial charge is 0.298 e. The fourth-order valence-corrected chi connectivity index (χ4v) is 3.69. The number of carbonyl (C=O) groups excluding carboxylic acids is 1. The van der Waals surface area contributed by atoms with Crippen molar-refractivity contribution in [3.8, 4) is 11.8 Å². The number of benzene rings is 1. The molecule has 114 valence electrons. The van der Waals surface area contributed by atoms with E-state index < -0.39 is 0 Å². The Morgan fingerprint density at radius 3 is 2.45 bits per heavy atom. The van der Waals surface area contributed by atoms with Crippen LogP contribution in [0.2, 0.25) is 0 Å². The van der Waals surface area contributed by atoms with Crippen molar-refractivity contribution >= 4 is 22.9 Å². The first kappa shape index (κ1) is 16.6. The third-order valence-electron chi connectivity index (χ3n) is 4.29. The van der Waals surface area contributed by atoms with Crippen LogP contribution in [0.3, 0.4) is 0 Å². The first-order chi connectivity index (χ1) is 10.3. The van der Waals surface area contributed by atoms with Gasteiger partial charge in [0.1, 0.15) is 5.78 Å². The summed E-state index contributed by atoms with van der Waals surface area (Å²) in [4.78, 5) is 13.7. The number of hydrogen-bond donors (Lipinski definition) is 0. The van der Waals surface area contributed by atoms with Gasteiger partial charge in [-0.1, -0.05) is 30.3 Å². The second-order valence-corrected chi connectivity index (χ2v) is 6.90. The molecule has 0 bridgehead atoms. The highest BCUT2D eigenvalue weighted by atomic mass is 32.1.